The highest BCUT2D eigenvalue weighted by molar-refractivity contribution is 6.26. The van der Waals surface area contributed by atoms with E-state index in [2.05, 4.69) is 95.6 Å². The van der Waals surface area contributed by atoms with Gasteiger partial charge in [-0.2, -0.15) is 0 Å². The van der Waals surface area contributed by atoms with E-state index in [9.17, 15) is 0 Å². The second kappa shape index (κ2) is 13.6. The molecule has 13 aromatic rings. The summed E-state index contributed by atoms with van der Waals surface area (Å²) in [6.45, 7) is 0. The van der Waals surface area contributed by atoms with Crippen molar-refractivity contribution in [2.24, 2.45) is 0 Å². The van der Waals surface area contributed by atoms with Gasteiger partial charge in [0.05, 0.1) is 23.5 Å². The van der Waals surface area contributed by atoms with Gasteiger partial charge in [0.15, 0.2) is 17.5 Å². The first-order valence-corrected chi connectivity index (χ1v) is 20.5. The molecule has 0 radical (unpaired) electrons. The fourth-order valence-electron chi connectivity index (χ4n) is 9.41. The van der Waals surface area contributed by atoms with E-state index >= 15 is 0 Å². The first-order valence-electron chi connectivity index (χ1n) is 23.0. The van der Waals surface area contributed by atoms with Crippen LogP contribution in [0.1, 0.15) is 6.85 Å². The van der Waals surface area contributed by atoms with Crippen LogP contribution < -0.4 is 0 Å². The van der Waals surface area contributed by atoms with Crippen molar-refractivity contribution in [3.63, 3.8) is 0 Å². The van der Waals surface area contributed by atoms with Gasteiger partial charge in [-0.1, -0.05) is 170 Å². The van der Waals surface area contributed by atoms with Gasteiger partial charge in [0, 0.05) is 38.4 Å². The smallest absolute Gasteiger partial charge is 0.167 e. The van der Waals surface area contributed by atoms with Crippen LogP contribution in [0.5, 0.6) is 0 Å². The van der Waals surface area contributed by atoms with Gasteiger partial charge in [0.1, 0.15) is 11.2 Å². The van der Waals surface area contributed by atoms with Crippen molar-refractivity contribution in [2.75, 3.05) is 0 Å². The monoisotopic (exact) mass is 795 g/mol. The Morgan fingerprint density at radius 1 is 0.387 bits per heavy atom. The SMILES string of the molecule is [2H]c1c([2H])c([2H])c(-c2nc(-c3ccc4c5ccccc5c5ccccc5c4c3)nc(-c3cc(-n4c5ccccc5c5ccccc54)cc4c3oc3cccc(-c5ccccc5)c34)n2)c([2H])c1[2H]. The molecule has 0 atom stereocenters. The lowest BCUT2D eigenvalue weighted by molar-refractivity contribution is 0.669. The van der Waals surface area contributed by atoms with Crippen LogP contribution in [0.4, 0.5) is 0 Å². The summed E-state index contributed by atoms with van der Waals surface area (Å²) in [5.41, 5.74) is 7.16. The summed E-state index contributed by atoms with van der Waals surface area (Å²) in [5, 5.41) is 10.5. The predicted molar refractivity (Wildman–Crippen MR) is 256 cm³/mol. The summed E-state index contributed by atoms with van der Waals surface area (Å²) in [6.07, 6.45) is 0. The Bertz CT molecular complexity index is 4120. The highest BCUT2D eigenvalue weighted by Crippen LogP contribution is 2.44. The van der Waals surface area contributed by atoms with Crippen LogP contribution >= 0.6 is 0 Å². The molecular weight excluding hydrogens is 757 g/mol. The van der Waals surface area contributed by atoms with Crippen molar-refractivity contribution in [3.8, 4) is 51.0 Å². The van der Waals surface area contributed by atoms with Gasteiger partial charge in [-0.15, -0.1) is 0 Å². The molecule has 0 N–H and O–H groups in total. The minimum atomic E-state index is -0.501. The Morgan fingerprint density at radius 2 is 0.952 bits per heavy atom. The molecule has 0 spiro atoms. The molecule has 0 aliphatic rings. The number of hydrogen-bond acceptors (Lipinski definition) is 4. The van der Waals surface area contributed by atoms with Gasteiger partial charge in [-0.05, 0) is 79.8 Å². The van der Waals surface area contributed by atoms with Gasteiger partial charge in [0.2, 0.25) is 0 Å². The van der Waals surface area contributed by atoms with E-state index in [0.717, 1.165) is 81.7 Å². The molecule has 3 aromatic heterocycles. The van der Waals surface area contributed by atoms with Gasteiger partial charge in [-0.3, -0.25) is 0 Å². The van der Waals surface area contributed by atoms with Crippen molar-refractivity contribution in [1.82, 2.24) is 19.5 Å². The maximum Gasteiger partial charge on any atom is 0.167 e. The fourth-order valence-corrected chi connectivity index (χ4v) is 9.41. The van der Waals surface area contributed by atoms with E-state index in [1.807, 2.05) is 84.9 Å². The summed E-state index contributed by atoms with van der Waals surface area (Å²) in [5.74, 6) is 0.419. The van der Waals surface area contributed by atoms with Crippen LogP contribution in [0, 0.1) is 0 Å². The summed E-state index contributed by atoms with van der Waals surface area (Å²) in [4.78, 5) is 15.3. The van der Waals surface area contributed by atoms with Crippen molar-refractivity contribution in [2.45, 2.75) is 0 Å². The van der Waals surface area contributed by atoms with Gasteiger partial charge >= 0.3 is 0 Å². The Balaban J connectivity index is 1.16. The molecule has 288 valence electrons. The quantitative estimate of drug-likeness (QED) is 0.163. The minimum absolute atomic E-state index is 0.0584. The number of benzene rings is 10. The standard InChI is InChI=1S/C57H34N4O/c1-3-16-35(17-4-1)39-26-15-29-52-53(39)48-33-38(61-50-27-13-11-24-45(50)46-25-12-14-28-51(46)61)34-49(54(48)62-52)57-59-55(36-18-5-2-6-19-36)58-56(60-57)37-30-31-44-42-22-8-7-20-40(42)41-21-9-10-23-43(41)47(44)32-37/h1-34H/i2D,5D,6D,18D,19D. The second-order valence-corrected chi connectivity index (χ2v) is 15.5. The molecule has 0 unspecified atom stereocenters. The van der Waals surface area contributed by atoms with Crippen molar-refractivity contribution in [3.05, 3.63) is 206 Å². The highest BCUT2D eigenvalue weighted by Gasteiger charge is 2.23. The molecule has 0 bridgehead atoms. The molecule has 0 amide bonds. The van der Waals surface area contributed by atoms with Crippen LogP contribution in [0.25, 0.3) is 127 Å². The van der Waals surface area contributed by atoms with Crippen LogP contribution in [0.3, 0.4) is 0 Å². The first kappa shape index (κ1) is 29.7. The van der Waals surface area contributed by atoms with E-state index in [-0.39, 0.29) is 23.0 Å². The zero-order valence-electron chi connectivity index (χ0n) is 37.9. The summed E-state index contributed by atoms with van der Waals surface area (Å²) in [6, 6.07) is 57.7. The Morgan fingerprint density at radius 3 is 1.63 bits per heavy atom. The lowest BCUT2D eigenvalue weighted by Crippen LogP contribution is -2.01. The molecule has 0 fully saturated rings. The van der Waals surface area contributed by atoms with Crippen LogP contribution in [-0.2, 0) is 0 Å². The van der Waals surface area contributed by atoms with Gasteiger partial charge < -0.3 is 8.98 Å². The maximum absolute atomic E-state index is 9.09. The van der Waals surface area contributed by atoms with E-state index in [1.165, 1.54) is 0 Å². The summed E-state index contributed by atoms with van der Waals surface area (Å²) < 4.78 is 53.1. The molecule has 0 saturated heterocycles. The molecule has 0 aliphatic heterocycles. The average molecular weight is 796 g/mol. The molecule has 0 saturated carbocycles. The predicted octanol–water partition coefficient (Wildman–Crippen LogP) is 15.0. The second-order valence-electron chi connectivity index (χ2n) is 15.5. The highest BCUT2D eigenvalue weighted by atomic mass is 16.3. The van der Waals surface area contributed by atoms with Crippen molar-refractivity contribution < 1.29 is 11.3 Å². The molecule has 5 nitrogen and oxygen atoms in total. The Hall–Kier alpha value is -8.41. The molecule has 5 heteroatoms. The van der Waals surface area contributed by atoms with Crippen LogP contribution in [0.2, 0.25) is 0 Å². The molecule has 10 aromatic carbocycles. The number of aromatic nitrogens is 4. The van der Waals surface area contributed by atoms with Crippen molar-refractivity contribution >= 4 is 76.1 Å². The third-order valence-corrected chi connectivity index (χ3v) is 12.1. The zero-order chi connectivity index (χ0) is 45.1. The number of fused-ring (bicyclic) bond motifs is 12. The number of para-hydroxylation sites is 2. The number of nitrogens with zero attached hydrogens (tertiary/aromatic N) is 4. The first-order chi connectivity index (χ1) is 32.8. The molecule has 0 aliphatic carbocycles. The van der Waals surface area contributed by atoms with E-state index in [1.54, 1.807) is 0 Å². The lowest BCUT2D eigenvalue weighted by Gasteiger charge is -2.14. The van der Waals surface area contributed by atoms with Crippen molar-refractivity contribution in [1.29, 1.82) is 0 Å². The molecule has 3 heterocycles. The van der Waals surface area contributed by atoms with E-state index in [0.29, 0.717) is 22.3 Å². The van der Waals surface area contributed by atoms with E-state index < -0.39 is 30.2 Å². The van der Waals surface area contributed by atoms with Gasteiger partial charge in [-0.25, -0.2) is 15.0 Å². The Labute approximate surface area is 362 Å². The zero-order valence-corrected chi connectivity index (χ0v) is 32.9. The third-order valence-electron chi connectivity index (χ3n) is 12.1. The summed E-state index contributed by atoms with van der Waals surface area (Å²) in [7, 11) is 0. The minimum Gasteiger partial charge on any atom is -0.455 e. The normalized spacial score (nSPS) is 13.0. The molecular formula is C57H34N4O. The topological polar surface area (TPSA) is 56.7 Å². The number of hydrogen-bond donors (Lipinski definition) is 0. The number of rotatable bonds is 5. The average Bonchev–Trinajstić information content (AvgIpc) is 3.93. The van der Waals surface area contributed by atoms with Crippen LogP contribution in [-0.4, -0.2) is 19.5 Å². The van der Waals surface area contributed by atoms with Gasteiger partial charge in [0.25, 0.3) is 0 Å². The maximum atomic E-state index is 9.09. The largest absolute Gasteiger partial charge is 0.455 e. The fraction of sp³-hybridized carbons (Fsp3) is 0. The third kappa shape index (κ3) is 5.25. The number of furan rings is 1. The Kier molecular flexibility index (Phi) is 6.51. The lowest BCUT2D eigenvalue weighted by atomic mass is 9.93. The van der Waals surface area contributed by atoms with Crippen LogP contribution in [0.15, 0.2) is 211 Å². The summed E-state index contributed by atoms with van der Waals surface area (Å²) >= 11 is 0. The molecule has 62 heavy (non-hydrogen) atoms. The van der Waals surface area contributed by atoms with E-state index in [4.69, 9.17) is 26.2 Å². The molecule has 13 rings (SSSR count).